The molecule has 0 radical (unpaired) electrons. The molecule has 26 heavy (non-hydrogen) atoms. The molecule has 0 aromatic heterocycles. The van der Waals surface area contributed by atoms with Gasteiger partial charge in [0.15, 0.2) is 0 Å². The zero-order valence-electron chi connectivity index (χ0n) is 14.9. The molecule has 0 spiro atoms. The summed E-state index contributed by atoms with van der Waals surface area (Å²) in [5, 5.41) is 1.11. The fourth-order valence-electron chi connectivity index (χ4n) is 3.27. The zero-order valence-corrected chi connectivity index (χ0v) is 16.4. The van der Waals surface area contributed by atoms with Gasteiger partial charge in [0.05, 0.1) is 16.7 Å². The first-order valence-electron chi connectivity index (χ1n) is 9.22. The van der Waals surface area contributed by atoms with Crippen molar-refractivity contribution in [3.05, 3.63) is 70.2 Å². The van der Waals surface area contributed by atoms with Crippen molar-refractivity contribution in [3.63, 3.8) is 0 Å². The number of halogens is 2. The van der Waals surface area contributed by atoms with Crippen molar-refractivity contribution >= 4 is 29.3 Å². The summed E-state index contributed by atoms with van der Waals surface area (Å²) in [5.74, 6) is 1.54. The first-order valence-corrected chi connectivity index (χ1v) is 9.98. The Morgan fingerprint density at radius 2 is 1.77 bits per heavy atom. The van der Waals surface area contributed by atoms with E-state index in [0.29, 0.717) is 10.0 Å². The van der Waals surface area contributed by atoms with Crippen molar-refractivity contribution in [1.29, 1.82) is 0 Å². The van der Waals surface area contributed by atoms with E-state index in [9.17, 15) is 0 Å². The zero-order chi connectivity index (χ0) is 18.2. The van der Waals surface area contributed by atoms with Crippen LogP contribution in [0, 0.1) is 5.92 Å². The highest BCUT2D eigenvalue weighted by Crippen LogP contribution is 2.27. The highest BCUT2D eigenvalue weighted by Gasteiger charge is 2.18. The summed E-state index contributed by atoms with van der Waals surface area (Å²) < 4.78 is 5.82. The van der Waals surface area contributed by atoms with Crippen molar-refractivity contribution in [1.82, 2.24) is 4.90 Å². The van der Waals surface area contributed by atoms with Crippen LogP contribution in [0.25, 0.3) is 6.08 Å². The third-order valence-electron chi connectivity index (χ3n) is 4.87. The Bertz CT molecular complexity index is 709. The van der Waals surface area contributed by atoms with Gasteiger partial charge >= 0.3 is 0 Å². The van der Waals surface area contributed by atoms with Gasteiger partial charge < -0.3 is 4.74 Å². The summed E-state index contributed by atoms with van der Waals surface area (Å²) in [7, 11) is 0. The minimum atomic E-state index is 0.543. The Kier molecular flexibility index (Phi) is 7.43. The van der Waals surface area contributed by atoms with Gasteiger partial charge in [-0.05, 0) is 56.0 Å². The molecule has 1 aliphatic rings. The molecule has 2 aromatic carbocycles. The van der Waals surface area contributed by atoms with E-state index < -0.39 is 0 Å². The Morgan fingerprint density at radius 1 is 1.00 bits per heavy atom. The maximum atomic E-state index is 6.02. The summed E-state index contributed by atoms with van der Waals surface area (Å²) in [6.07, 6.45) is 8.04. The number of benzene rings is 2. The van der Waals surface area contributed by atoms with Crippen molar-refractivity contribution < 1.29 is 4.74 Å². The number of rotatable bonds is 7. The SMILES string of the molecule is Clc1ccc(OCCC2CCN(CC=Cc3ccccc3)CC2)cc1Cl. The predicted octanol–water partition coefficient (Wildman–Crippen LogP) is 6.19. The third-order valence-corrected chi connectivity index (χ3v) is 5.61. The Hall–Kier alpha value is -1.48. The van der Waals surface area contributed by atoms with E-state index in [1.165, 1.54) is 18.4 Å². The number of hydrogen-bond donors (Lipinski definition) is 0. The molecular weight excluding hydrogens is 365 g/mol. The molecule has 1 aliphatic heterocycles. The van der Waals surface area contributed by atoms with E-state index in [0.717, 1.165) is 44.3 Å². The average Bonchev–Trinajstić information content (AvgIpc) is 2.67. The molecule has 1 saturated heterocycles. The summed E-state index contributed by atoms with van der Waals surface area (Å²) in [4.78, 5) is 2.52. The van der Waals surface area contributed by atoms with Crippen LogP contribution in [0.5, 0.6) is 5.75 Å². The second-order valence-electron chi connectivity index (χ2n) is 6.77. The molecule has 2 nitrogen and oxygen atoms in total. The molecule has 0 bridgehead atoms. The molecule has 1 heterocycles. The molecule has 0 aliphatic carbocycles. The second kappa shape index (κ2) is 10.0. The monoisotopic (exact) mass is 389 g/mol. The minimum Gasteiger partial charge on any atom is -0.494 e. The number of piperidine rings is 1. The van der Waals surface area contributed by atoms with Crippen molar-refractivity contribution in [3.8, 4) is 5.75 Å². The van der Waals surface area contributed by atoms with Crippen LogP contribution in [0.15, 0.2) is 54.6 Å². The van der Waals surface area contributed by atoms with Crippen LogP contribution in [0.1, 0.15) is 24.8 Å². The normalized spacial score (nSPS) is 16.2. The van der Waals surface area contributed by atoms with Crippen LogP contribution in [-0.2, 0) is 0 Å². The lowest BCUT2D eigenvalue weighted by Crippen LogP contribution is -2.34. The number of nitrogens with zero attached hydrogens (tertiary/aromatic N) is 1. The lowest BCUT2D eigenvalue weighted by atomic mass is 9.94. The molecule has 0 amide bonds. The predicted molar refractivity (Wildman–Crippen MR) is 111 cm³/mol. The van der Waals surface area contributed by atoms with Crippen LogP contribution >= 0.6 is 23.2 Å². The smallest absolute Gasteiger partial charge is 0.120 e. The van der Waals surface area contributed by atoms with Gasteiger partial charge in [-0.1, -0.05) is 65.7 Å². The first-order chi connectivity index (χ1) is 12.7. The molecule has 0 unspecified atom stereocenters. The van der Waals surface area contributed by atoms with Crippen LogP contribution < -0.4 is 4.74 Å². The molecule has 1 fully saturated rings. The first kappa shape index (κ1) is 19.3. The molecule has 0 saturated carbocycles. The van der Waals surface area contributed by atoms with Gasteiger partial charge in [-0.3, -0.25) is 4.90 Å². The van der Waals surface area contributed by atoms with E-state index in [1.807, 2.05) is 12.1 Å². The summed E-state index contributed by atoms with van der Waals surface area (Å²) in [6, 6.07) is 15.9. The van der Waals surface area contributed by atoms with Gasteiger partial charge in [-0.25, -0.2) is 0 Å². The molecule has 0 N–H and O–H groups in total. The molecular formula is C22H25Cl2NO. The molecule has 4 heteroatoms. The standard InChI is InChI=1S/C22H25Cl2NO/c23-21-9-8-20(17-22(21)24)26-16-12-19-10-14-25(15-11-19)13-4-7-18-5-2-1-3-6-18/h1-9,17,19H,10-16H2. The van der Waals surface area contributed by atoms with Gasteiger partial charge in [0.25, 0.3) is 0 Å². The fourth-order valence-corrected chi connectivity index (χ4v) is 3.56. The van der Waals surface area contributed by atoms with E-state index in [4.69, 9.17) is 27.9 Å². The molecule has 138 valence electrons. The quantitative estimate of drug-likeness (QED) is 0.559. The van der Waals surface area contributed by atoms with Crippen LogP contribution in [0.2, 0.25) is 10.0 Å². The van der Waals surface area contributed by atoms with Gasteiger partial charge in [-0.15, -0.1) is 0 Å². The Labute approximate surface area is 166 Å². The number of ether oxygens (including phenoxy) is 1. The number of hydrogen-bond acceptors (Lipinski definition) is 2. The average molecular weight is 390 g/mol. The summed E-state index contributed by atoms with van der Waals surface area (Å²) >= 11 is 11.9. The molecule has 2 aromatic rings. The van der Waals surface area contributed by atoms with Crippen molar-refractivity contribution in [2.75, 3.05) is 26.2 Å². The lowest BCUT2D eigenvalue weighted by Gasteiger charge is -2.31. The molecule has 3 rings (SSSR count). The van der Waals surface area contributed by atoms with Gasteiger partial charge in [0, 0.05) is 12.6 Å². The fraction of sp³-hybridized carbons (Fsp3) is 0.364. The van der Waals surface area contributed by atoms with Gasteiger partial charge in [0.2, 0.25) is 0 Å². The van der Waals surface area contributed by atoms with Gasteiger partial charge in [0.1, 0.15) is 5.75 Å². The highest BCUT2D eigenvalue weighted by atomic mass is 35.5. The topological polar surface area (TPSA) is 12.5 Å². The lowest BCUT2D eigenvalue weighted by molar-refractivity contribution is 0.175. The van der Waals surface area contributed by atoms with E-state index >= 15 is 0 Å². The maximum Gasteiger partial charge on any atom is 0.120 e. The second-order valence-corrected chi connectivity index (χ2v) is 7.58. The Balaban J connectivity index is 1.33. The Morgan fingerprint density at radius 3 is 2.50 bits per heavy atom. The van der Waals surface area contributed by atoms with E-state index in [-0.39, 0.29) is 0 Å². The maximum absolute atomic E-state index is 6.02. The van der Waals surface area contributed by atoms with Crippen LogP contribution in [0.4, 0.5) is 0 Å². The van der Waals surface area contributed by atoms with Crippen molar-refractivity contribution in [2.45, 2.75) is 19.3 Å². The van der Waals surface area contributed by atoms with Crippen LogP contribution in [0.3, 0.4) is 0 Å². The third kappa shape index (κ3) is 6.05. The minimum absolute atomic E-state index is 0.543. The summed E-state index contributed by atoms with van der Waals surface area (Å²) in [5.41, 5.74) is 1.27. The largest absolute Gasteiger partial charge is 0.494 e. The highest BCUT2D eigenvalue weighted by molar-refractivity contribution is 6.42. The van der Waals surface area contributed by atoms with Gasteiger partial charge in [-0.2, -0.15) is 0 Å². The summed E-state index contributed by atoms with van der Waals surface area (Å²) in [6.45, 7) is 4.09. The van der Waals surface area contributed by atoms with E-state index in [1.54, 1.807) is 12.1 Å². The number of likely N-dealkylation sites (tertiary alicyclic amines) is 1. The van der Waals surface area contributed by atoms with Crippen LogP contribution in [-0.4, -0.2) is 31.1 Å². The molecule has 0 atom stereocenters. The van der Waals surface area contributed by atoms with E-state index in [2.05, 4.69) is 41.3 Å². The van der Waals surface area contributed by atoms with Crippen molar-refractivity contribution in [2.24, 2.45) is 5.92 Å².